The van der Waals surface area contributed by atoms with Crippen LogP contribution in [0.5, 0.6) is 0 Å². The van der Waals surface area contributed by atoms with E-state index in [-0.39, 0.29) is 18.9 Å². The molecule has 1 aliphatic rings. The molecule has 0 fully saturated rings. The highest BCUT2D eigenvalue weighted by molar-refractivity contribution is 7.91. The molecule has 1 unspecified atom stereocenters. The van der Waals surface area contributed by atoms with Gasteiger partial charge < -0.3 is 14.5 Å². The van der Waals surface area contributed by atoms with Crippen molar-refractivity contribution in [2.45, 2.75) is 44.8 Å². The number of thiophene rings is 1. The molecular weight excluding hydrogens is 478 g/mol. The van der Waals surface area contributed by atoms with Crippen molar-refractivity contribution in [3.8, 4) is 0 Å². The Morgan fingerprint density at radius 3 is 2.74 bits per heavy atom. The van der Waals surface area contributed by atoms with Crippen molar-refractivity contribution >= 4 is 38.1 Å². The molecule has 1 aliphatic carbocycles. The number of esters is 1. The van der Waals surface area contributed by atoms with Gasteiger partial charge in [-0.2, -0.15) is 0 Å². The number of ether oxygens (including phenoxy) is 1. The van der Waals surface area contributed by atoms with Gasteiger partial charge in [0.2, 0.25) is 21.6 Å². The minimum absolute atomic E-state index is 0.134. The zero-order valence-electron chi connectivity index (χ0n) is 18.9. The molecule has 9 nitrogen and oxygen atoms in total. The van der Waals surface area contributed by atoms with Gasteiger partial charge in [0.1, 0.15) is 10.8 Å². The van der Waals surface area contributed by atoms with Crippen LogP contribution < -0.4 is 5.32 Å². The number of fused-ring (bicyclic) bond motifs is 1. The average molecular weight is 504 g/mol. The van der Waals surface area contributed by atoms with Crippen LogP contribution in [0.4, 0.5) is 5.00 Å². The van der Waals surface area contributed by atoms with Crippen LogP contribution in [0, 0.1) is 5.92 Å². The van der Waals surface area contributed by atoms with Crippen LogP contribution in [0.15, 0.2) is 40.0 Å². The molecule has 1 aromatic carbocycles. The van der Waals surface area contributed by atoms with Crippen LogP contribution in [0.1, 0.15) is 52.5 Å². The molecule has 0 aliphatic heterocycles. The zero-order chi connectivity index (χ0) is 24.3. The van der Waals surface area contributed by atoms with Gasteiger partial charge >= 0.3 is 11.2 Å². The fourth-order valence-electron chi connectivity index (χ4n) is 3.86. The fourth-order valence-corrected chi connectivity index (χ4v) is 6.21. The van der Waals surface area contributed by atoms with Gasteiger partial charge in [0.15, 0.2) is 0 Å². The van der Waals surface area contributed by atoms with Gasteiger partial charge in [0.05, 0.1) is 18.6 Å². The van der Waals surface area contributed by atoms with E-state index >= 15 is 0 Å². The van der Waals surface area contributed by atoms with Gasteiger partial charge in [-0.15, -0.1) is 16.4 Å². The molecule has 0 radical (unpaired) electrons. The van der Waals surface area contributed by atoms with E-state index in [9.17, 15) is 18.0 Å². The number of hydrogen-bond donors (Lipinski definition) is 1. The van der Waals surface area contributed by atoms with Crippen molar-refractivity contribution in [1.29, 1.82) is 0 Å². The topological polar surface area (TPSA) is 128 Å². The first kappa shape index (κ1) is 24.1. The maximum Gasteiger partial charge on any atom is 0.341 e. The van der Waals surface area contributed by atoms with Crippen LogP contribution in [-0.4, -0.2) is 42.9 Å². The van der Waals surface area contributed by atoms with Crippen LogP contribution >= 0.6 is 11.3 Å². The van der Waals surface area contributed by atoms with Gasteiger partial charge in [0, 0.05) is 4.88 Å². The largest absolute Gasteiger partial charge is 0.462 e. The van der Waals surface area contributed by atoms with Crippen molar-refractivity contribution in [2.24, 2.45) is 5.92 Å². The highest BCUT2D eigenvalue weighted by Gasteiger charge is 2.31. The molecule has 0 saturated heterocycles. The Morgan fingerprint density at radius 2 is 2.00 bits per heavy atom. The molecule has 1 N–H and O–H groups in total. The fraction of sp³-hybridized carbons (Fsp3) is 0.391. The summed E-state index contributed by atoms with van der Waals surface area (Å²) in [6.45, 7) is 4.04. The normalized spacial score (nSPS) is 15.5. The van der Waals surface area contributed by atoms with E-state index in [1.807, 2.05) is 30.3 Å². The third kappa shape index (κ3) is 5.36. The molecule has 180 valence electrons. The van der Waals surface area contributed by atoms with E-state index in [4.69, 9.17) is 9.15 Å². The Hall–Kier alpha value is -3.05. The Bertz CT molecular complexity index is 1300. The SMILES string of the molecule is CCOC(=O)c1c(NC(=O)CS(=O)(=O)c2nnc(Cc3ccccc3)o2)sc2c1CCC(C)C2. The van der Waals surface area contributed by atoms with Gasteiger partial charge in [-0.3, -0.25) is 4.79 Å². The molecule has 34 heavy (non-hydrogen) atoms. The predicted molar refractivity (Wildman–Crippen MR) is 126 cm³/mol. The first-order chi connectivity index (χ1) is 16.3. The molecule has 1 atom stereocenters. The quantitative estimate of drug-likeness (QED) is 0.463. The summed E-state index contributed by atoms with van der Waals surface area (Å²) < 4.78 is 35.9. The van der Waals surface area contributed by atoms with Crippen molar-refractivity contribution in [3.05, 3.63) is 57.8 Å². The molecule has 11 heteroatoms. The summed E-state index contributed by atoms with van der Waals surface area (Å²) >= 11 is 1.30. The first-order valence-corrected chi connectivity index (χ1v) is 13.4. The molecule has 2 aromatic heterocycles. The number of carbonyl (C=O) groups excluding carboxylic acids is 2. The number of sulfone groups is 1. The lowest BCUT2D eigenvalue weighted by molar-refractivity contribution is -0.113. The van der Waals surface area contributed by atoms with E-state index in [1.54, 1.807) is 6.92 Å². The van der Waals surface area contributed by atoms with Gasteiger partial charge in [-0.25, -0.2) is 13.2 Å². The molecule has 0 bridgehead atoms. The second-order valence-corrected chi connectivity index (χ2v) is 11.2. The summed E-state index contributed by atoms with van der Waals surface area (Å²) in [5, 5.41) is 9.72. The summed E-state index contributed by atoms with van der Waals surface area (Å²) in [4.78, 5) is 26.3. The number of hydrogen-bond acceptors (Lipinski definition) is 9. The monoisotopic (exact) mass is 503 g/mol. The third-order valence-corrected chi connectivity index (χ3v) is 7.99. The molecule has 4 rings (SSSR count). The maximum atomic E-state index is 12.7. The van der Waals surface area contributed by atoms with E-state index < -0.39 is 32.7 Å². The Balaban J connectivity index is 1.50. The minimum Gasteiger partial charge on any atom is -0.462 e. The molecular formula is C23H25N3O6S2. The van der Waals surface area contributed by atoms with Crippen molar-refractivity contribution in [1.82, 2.24) is 10.2 Å². The number of amides is 1. The number of nitrogens with zero attached hydrogens (tertiary/aromatic N) is 2. The summed E-state index contributed by atoms with van der Waals surface area (Å²) in [6, 6.07) is 9.27. The van der Waals surface area contributed by atoms with Gasteiger partial charge in [-0.1, -0.05) is 42.4 Å². The lowest BCUT2D eigenvalue weighted by Crippen LogP contribution is -2.24. The molecule has 0 spiro atoms. The van der Waals surface area contributed by atoms with E-state index in [0.29, 0.717) is 22.9 Å². The van der Waals surface area contributed by atoms with E-state index in [1.165, 1.54) is 11.3 Å². The first-order valence-electron chi connectivity index (χ1n) is 11.0. The maximum absolute atomic E-state index is 12.7. The van der Waals surface area contributed by atoms with Crippen molar-refractivity contribution < 1.29 is 27.2 Å². The number of nitrogens with one attached hydrogen (secondary N) is 1. The number of carbonyl (C=O) groups is 2. The number of benzene rings is 1. The van der Waals surface area contributed by atoms with Gasteiger partial charge in [-0.05, 0) is 43.2 Å². The number of anilines is 1. The van der Waals surface area contributed by atoms with Crippen LogP contribution in [0.25, 0.3) is 0 Å². The smallest absolute Gasteiger partial charge is 0.341 e. The standard InChI is InChI=1S/C23H25N3O6S2/c1-3-31-22(28)20-16-10-9-14(2)11-17(16)33-21(20)24-18(27)13-34(29,30)23-26-25-19(32-23)12-15-7-5-4-6-8-15/h4-8,14H,3,9-13H2,1-2H3,(H,24,27). The summed E-state index contributed by atoms with van der Waals surface area (Å²) in [7, 11) is -4.17. The molecule has 1 amide bonds. The molecule has 2 heterocycles. The van der Waals surface area contributed by atoms with Gasteiger partial charge in [0.25, 0.3) is 0 Å². The van der Waals surface area contributed by atoms with Crippen LogP contribution in [-0.2, 0) is 38.6 Å². The summed E-state index contributed by atoms with van der Waals surface area (Å²) in [5.74, 6) is -1.60. The molecule has 3 aromatic rings. The third-order valence-electron chi connectivity index (χ3n) is 5.48. The van der Waals surface area contributed by atoms with Crippen LogP contribution in [0.3, 0.4) is 0 Å². The number of aromatic nitrogens is 2. The highest BCUT2D eigenvalue weighted by Crippen LogP contribution is 2.40. The lowest BCUT2D eigenvalue weighted by Gasteiger charge is -2.18. The summed E-state index contributed by atoms with van der Waals surface area (Å²) in [5.41, 5.74) is 2.08. The van der Waals surface area contributed by atoms with E-state index in [0.717, 1.165) is 28.8 Å². The Labute approximate surface area is 201 Å². The van der Waals surface area contributed by atoms with Crippen molar-refractivity contribution in [2.75, 3.05) is 17.7 Å². The van der Waals surface area contributed by atoms with E-state index in [2.05, 4.69) is 22.4 Å². The predicted octanol–water partition coefficient (Wildman–Crippen LogP) is 3.44. The average Bonchev–Trinajstić information content (AvgIpc) is 3.38. The Morgan fingerprint density at radius 1 is 1.24 bits per heavy atom. The summed E-state index contributed by atoms with van der Waals surface area (Å²) in [6.07, 6.45) is 2.71. The zero-order valence-corrected chi connectivity index (χ0v) is 20.5. The van der Waals surface area contributed by atoms with Crippen molar-refractivity contribution in [3.63, 3.8) is 0 Å². The highest BCUT2D eigenvalue weighted by atomic mass is 32.2. The minimum atomic E-state index is -4.17. The lowest BCUT2D eigenvalue weighted by atomic mass is 9.88. The van der Waals surface area contributed by atoms with Crippen LogP contribution in [0.2, 0.25) is 0 Å². The second kappa shape index (κ2) is 10.1. The molecule has 0 saturated carbocycles. The second-order valence-electron chi connectivity index (χ2n) is 8.21. The Kier molecular flexibility index (Phi) is 7.13. The number of rotatable bonds is 8.